The van der Waals surface area contributed by atoms with Crippen molar-refractivity contribution in [1.82, 2.24) is 10.2 Å². The molecule has 1 saturated heterocycles. The number of nitrogens with one attached hydrogen (secondary N) is 2. The van der Waals surface area contributed by atoms with E-state index in [0.717, 1.165) is 57.6 Å². The van der Waals surface area contributed by atoms with E-state index in [1.807, 2.05) is 12.1 Å². The van der Waals surface area contributed by atoms with Crippen molar-refractivity contribution >= 4 is 11.7 Å². The van der Waals surface area contributed by atoms with Gasteiger partial charge in [-0.1, -0.05) is 26.0 Å². The first-order chi connectivity index (χ1) is 11.7. The van der Waals surface area contributed by atoms with Crippen molar-refractivity contribution in [3.05, 3.63) is 29.3 Å². The molecule has 2 aliphatic heterocycles. The summed E-state index contributed by atoms with van der Waals surface area (Å²) in [6.07, 6.45) is 4.15. The van der Waals surface area contributed by atoms with Crippen LogP contribution < -0.4 is 10.6 Å². The van der Waals surface area contributed by atoms with Crippen LogP contribution in [0, 0.1) is 0 Å². The molecule has 1 aromatic rings. The number of rotatable bonds is 5. The molecule has 2 N–H and O–H groups in total. The van der Waals surface area contributed by atoms with Crippen molar-refractivity contribution in [3.8, 4) is 0 Å². The van der Waals surface area contributed by atoms with Crippen molar-refractivity contribution in [1.29, 1.82) is 0 Å². The summed E-state index contributed by atoms with van der Waals surface area (Å²) in [6, 6.07) is 6.17. The summed E-state index contributed by atoms with van der Waals surface area (Å²) in [5.74, 6) is 0. The number of amides is 2. The average Bonchev–Trinajstić information content (AvgIpc) is 3.14. The molecule has 2 atom stereocenters. The van der Waals surface area contributed by atoms with Gasteiger partial charge in [0.2, 0.25) is 0 Å². The van der Waals surface area contributed by atoms with E-state index in [0.29, 0.717) is 0 Å². The molecule has 2 amide bonds. The minimum atomic E-state index is -0.122. The highest BCUT2D eigenvalue weighted by atomic mass is 16.5. The molecular formula is C19H29N3O2. The molecule has 132 valence electrons. The van der Waals surface area contributed by atoms with Gasteiger partial charge in [0.05, 0.1) is 12.1 Å². The lowest BCUT2D eigenvalue weighted by Crippen LogP contribution is -2.44. The third-order valence-electron chi connectivity index (χ3n) is 5.21. The van der Waals surface area contributed by atoms with Gasteiger partial charge in [-0.3, -0.25) is 4.90 Å². The summed E-state index contributed by atoms with van der Waals surface area (Å²) in [7, 11) is 0. The van der Waals surface area contributed by atoms with Gasteiger partial charge in [0.25, 0.3) is 0 Å². The van der Waals surface area contributed by atoms with Crippen LogP contribution in [0.1, 0.15) is 44.2 Å². The molecule has 1 aromatic carbocycles. The largest absolute Gasteiger partial charge is 0.376 e. The monoisotopic (exact) mass is 331 g/mol. The maximum atomic E-state index is 12.5. The van der Waals surface area contributed by atoms with Gasteiger partial charge in [-0.25, -0.2) is 4.79 Å². The summed E-state index contributed by atoms with van der Waals surface area (Å²) >= 11 is 0. The second-order valence-electron chi connectivity index (χ2n) is 6.73. The first-order valence-electron chi connectivity index (χ1n) is 9.23. The number of nitrogens with zero attached hydrogens (tertiary/aromatic N) is 1. The molecule has 24 heavy (non-hydrogen) atoms. The highest BCUT2D eigenvalue weighted by molar-refractivity contribution is 5.90. The maximum absolute atomic E-state index is 12.5. The van der Waals surface area contributed by atoms with Crippen LogP contribution in [0.15, 0.2) is 18.2 Å². The Morgan fingerprint density at radius 2 is 2.29 bits per heavy atom. The first-order valence-corrected chi connectivity index (χ1v) is 9.23. The summed E-state index contributed by atoms with van der Waals surface area (Å²) in [5.41, 5.74) is 3.55. The fourth-order valence-corrected chi connectivity index (χ4v) is 3.76. The Kier molecular flexibility index (Phi) is 5.74. The van der Waals surface area contributed by atoms with Gasteiger partial charge in [-0.05, 0) is 49.4 Å². The van der Waals surface area contributed by atoms with Crippen molar-refractivity contribution in [2.24, 2.45) is 0 Å². The number of carbonyl (C=O) groups is 1. The lowest BCUT2D eigenvalue weighted by Gasteiger charge is -2.29. The standard InChI is InChI=1S/C19H29N3O2/c1-3-16(18-9-6-12-24-18)20-19(23)21-17-8-5-7-14-13-22(4-2)11-10-15(14)17/h5,7-8,16,18H,3-4,6,9-13H2,1-2H3,(H2,20,21,23)/t16-,18+/m0/s1. The van der Waals surface area contributed by atoms with E-state index in [-0.39, 0.29) is 18.2 Å². The van der Waals surface area contributed by atoms with E-state index in [2.05, 4.69) is 35.4 Å². The third kappa shape index (κ3) is 3.90. The zero-order chi connectivity index (χ0) is 16.9. The minimum Gasteiger partial charge on any atom is -0.376 e. The van der Waals surface area contributed by atoms with Gasteiger partial charge in [-0.15, -0.1) is 0 Å². The van der Waals surface area contributed by atoms with E-state index >= 15 is 0 Å². The smallest absolute Gasteiger partial charge is 0.319 e. The molecule has 0 aliphatic carbocycles. The highest BCUT2D eigenvalue weighted by Crippen LogP contribution is 2.26. The van der Waals surface area contributed by atoms with Gasteiger partial charge >= 0.3 is 6.03 Å². The topological polar surface area (TPSA) is 53.6 Å². The number of carbonyl (C=O) groups excluding carboxylic acids is 1. The third-order valence-corrected chi connectivity index (χ3v) is 5.21. The van der Waals surface area contributed by atoms with Crippen LogP contribution in [0.3, 0.4) is 0 Å². The van der Waals surface area contributed by atoms with Crippen molar-refractivity contribution in [2.45, 2.75) is 58.2 Å². The second kappa shape index (κ2) is 7.99. The van der Waals surface area contributed by atoms with Crippen LogP contribution in [-0.4, -0.2) is 42.8 Å². The van der Waals surface area contributed by atoms with Crippen LogP contribution in [0.25, 0.3) is 0 Å². The molecular weight excluding hydrogens is 302 g/mol. The Balaban J connectivity index is 1.64. The fraction of sp³-hybridized carbons (Fsp3) is 0.632. The van der Waals surface area contributed by atoms with Crippen molar-refractivity contribution in [3.63, 3.8) is 0 Å². The van der Waals surface area contributed by atoms with Gasteiger partial charge in [0.15, 0.2) is 0 Å². The molecule has 5 nitrogen and oxygen atoms in total. The summed E-state index contributed by atoms with van der Waals surface area (Å²) in [5, 5.41) is 6.17. The molecule has 2 heterocycles. The van der Waals surface area contributed by atoms with E-state index < -0.39 is 0 Å². The molecule has 0 bridgehead atoms. The summed E-state index contributed by atoms with van der Waals surface area (Å²) < 4.78 is 5.72. The Labute approximate surface area is 144 Å². The predicted molar refractivity (Wildman–Crippen MR) is 96.3 cm³/mol. The lowest BCUT2D eigenvalue weighted by atomic mass is 9.98. The van der Waals surface area contributed by atoms with Crippen LogP contribution in [0.5, 0.6) is 0 Å². The number of hydrogen-bond acceptors (Lipinski definition) is 3. The summed E-state index contributed by atoms with van der Waals surface area (Å²) in [6.45, 7) is 8.18. The number of benzene rings is 1. The quantitative estimate of drug-likeness (QED) is 0.871. The van der Waals surface area contributed by atoms with Gasteiger partial charge in [-0.2, -0.15) is 0 Å². The van der Waals surface area contributed by atoms with E-state index in [1.165, 1.54) is 11.1 Å². The van der Waals surface area contributed by atoms with Gasteiger partial charge in [0, 0.05) is 25.4 Å². The molecule has 2 aliphatic rings. The second-order valence-corrected chi connectivity index (χ2v) is 6.73. The molecule has 1 fully saturated rings. The molecule has 3 rings (SSSR count). The average molecular weight is 331 g/mol. The zero-order valence-electron chi connectivity index (χ0n) is 14.8. The highest BCUT2D eigenvalue weighted by Gasteiger charge is 2.26. The molecule has 5 heteroatoms. The number of ether oxygens (including phenoxy) is 1. The Hall–Kier alpha value is -1.59. The number of fused-ring (bicyclic) bond motifs is 1. The number of likely N-dealkylation sites (N-methyl/N-ethyl adjacent to an activating group) is 1. The molecule has 0 saturated carbocycles. The van der Waals surface area contributed by atoms with Crippen LogP contribution in [-0.2, 0) is 17.7 Å². The molecule has 0 radical (unpaired) electrons. The molecule has 0 spiro atoms. The van der Waals surface area contributed by atoms with Gasteiger partial charge < -0.3 is 15.4 Å². The van der Waals surface area contributed by atoms with Gasteiger partial charge in [0.1, 0.15) is 0 Å². The number of hydrogen-bond donors (Lipinski definition) is 2. The maximum Gasteiger partial charge on any atom is 0.319 e. The normalized spacial score (nSPS) is 22.0. The summed E-state index contributed by atoms with van der Waals surface area (Å²) in [4.78, 5) is 14.9. The van der Waals surface area contributed by atoms with Crippen molar-refractivity contribution in [2.75, 3.05) is 25.0 Å². The number of urea groups is 1. The fourth-order valence-electron chi connectivity index (χ4n) is 3.76. The first kappa shape index (κ1) is 17.2. The Morgan fingerprint density at radius 1 is 1.42 bits per heavy atom. The van der Waals surface area contributed by atoms with Crippen LogP contribution >= 0.6 is 0 Å². The lowest BCUT2D eigenvalue weighted by molar-refractivity contribution is 0.0804. The predicted octanol–water partition coefficient (Wildman–Crippen LogP) is 3.14. The Morgan fingerprint density at radius 3 is 3.00 bits per heavy atom. The number of anilines is 1. The van der Waals surface area contributed by atoms with Crippen LogP contribution in [0.2, 0.25) is 0 Å². The van der Waals surface area contributed by atoms with Crippen LogP contribution in [0.4, 0.5) is 10.5 Å². The minimum absolute atomic E-state index is 0.0858. The van der Waals surface area contributed by atoms with E-state index in [1.54, 1.807) is 0 Å². The Bertz CT molecular complexity index is 570. The zero-order valence-corrected chi connectivity index (χ0v) is 14.8. The SMILES string of the molecule is CC[C@H](NC(=O)Nc1cccc2c1CCN(CC)C2)[C@H]1CCCO1. The van der Waals surface area contributed by atoms with E-state index in [4.69, 9.17) is 4.74 Å². The molecule has 0 unspecified atom stereocenters. The molecule has 0 aromatic heterocycles. The van der Waals surface area contributed by atoms with E-state index in [9.17, 15) is 4.79 Å². The van der Waals surface area contributed by atoms with Crippen molar-refractivity contribution < 1.29 is 9.53 Å².